The van der Waals surface area contributed by atoms with Gasteiger partial charge >= 0.3 is 0 Å². The summed E-state index contributed by atoms with van der Waals surface area (Å²) < 4.78 is 0. The minimum atomic E-state index is -0.716. The van der Waals surface area contributed by atoms with Crippen LogP contribution in [0.3, 0.4) is 0 Å². The van der Waals surface area contributed by atoms with Crippen molar-refractivity contribution in [2.24, 2.45) is 0 Å². The fourth-order valence-electron chi connectivity index (χ4n) is 1.89. The number of hydrogen-bond acceptors (Lipinski definition) is 6. The Kier molecular flexibility index (Phi) is 2.86. The highest BCUT2D eigenvalue weighted by molar-refractivity contribution is 6.28. The van der Waals surface area contributed by atoms with Gasteiger partial charge in [0.1, 0.15) is 0 Å². The van der Waals surface area contributed by atoms with Gasteiger partial charge in [-0.25, -0.2) is 0 Å². The van der Waals surface area contributed by atoms with E-state index < -0.39 is 5.60 Å². The molecule has 0 aromatic carbocycles. The molecule has 3 N–H and O–H groups in total. The first-order valence-corrected chi connectivity index (χ1v) is 5.48. The maximum Gasteiger partial charge on any atom is 0.231 e. The Balaban J connectivity index is 2.23. The molecule has 2 rings (SSSR count). The number of rotatable bonds is 1. The van der Waals surface area contributed by atoms with E-state index in [1.54, 1.807) is 6.92 Å². The maximum absolute atomic E-state index is 9.97. The zero-order chi connectivity index (χ0) is 11.8. The second-order valence-corrected chi connectivity index (χ2v) is 4.62. The molecule has 1 aliphatic heterocycles. The molecule has 0 bridgehead atoms. The molecular weight excluding hydrogens is 230 g/mol. The minimum Gasteiger partial charge on any atom is -0.388 e. The number of nitrogen functional groups attached to an aromatic ring is 1. The molecule has 1 saturated heterocycles. The lowest BCUT2D eigenvalue weighted by atomic mass is 9.95. The van der Waals surface area contributed by atoms with Gasteiger partial charge in [0.2, 0.25) is 17.2 Å². The summed E-state index contributed by atoms with van der Waals surface area (Å²) in [5, 5.41) is 10.0. The van der Waals surface area contributed by atoms with E-state index >= 15 is 0 Å². The Labute approximate surface area is 98.5 Å². The summed E-state index contributed by atoms with van der Waals surface area (Å²) in [6.45, 7) is 3.06. The number of halogens is 1. The summed E-state index contributed by atoms with van der Waals surface area (Å²) in [6, 6.07) is 0. The van der Waals surface area contributed by atoms with E-state index in [0.29, 0.717) is 12.5 Å². The number of piperidine rings is 1. The van der Waals surface area contributed by atoms with Crippen LogP contribution in [-0.4, -0.2) is 38.7 Å². The fourth-order valence-corrected chi connectivity index (χ4v) is 2.05. The van der Waals surface area contributed by atoms with E-state index in [1.165, 1.54) is 0 Å². The molecule has 0 saturated carbocycles. The first-order valence-electron chi connectivity index (χ1n) is 5.11. The van der Waals surface area contributed by atoms with E-state index in [-0.39, 0.29) is 11.2 Å². The van der Waals surface area contributed by atoms with Crippen LogP contribution in [0, 0.1) is 0 Å². The van der Waals surface area contributed by atoms with Gasteiger partial charge in [0.25, 0.3) is 0 Å². The summed E-state index contributed by atoms with van der Waals surface area (Å²) in [7, 11) is 0. The molecule has 88 valence electrons. The zero-order valence-electron chi connectivity index (χ0n) is 9.02. The highest BCUT2D eigenvalue weighted by atomic mass is 35.5. The van der Waals surface area contributed by atoms with Crippen LogP contribution in [0.1, 0.15) is 19.8 Å². The number of nitrogens with zero attached hydrogens (tertiary/aromatic N) is 4. The zero-order valence-corrected chi connectivity index (χ0v) is 9.78. The molecule has 1 aromatic rings. The summed E-state index contributed by atoms with van der Waals surface area (Å²) in [6.07, 6.45) is 1.66. The minimum absolute atomic E-state index is 0.0766. The lowest BCUT2D eigenvalue weighted by molar-refractivity contribution is 0.0444. The number of anilines is 2. The molecule has 1 fully saturated rings. The molecule has 2 heterocycles. The van der Waals surface area contributed by atoms with Crippen LogP contribution in [0.4, 0.5) is 11.9 Å². The van der Waals surface area contributed by atoms with Crippen LogP contribution in [0.25, 0.3) is 0 Å². The SMILES string of the molecule is CC1(O)CCCN(c2nc(N)nc(Cl)n2)C1. The van der Waals surface area contributed by atoms with E-state index in [2.05, 4.69) is 15.0 Å². The third-order valence-corrected chi connectivity index (χ3v) is 2.74. The van der Waals surface area contributed by atoms with Crippen molar-refractivity contribution in [1.29, 1.82) is 0 Å². The third kappa shape index (κ3) is 2.51. The number of hydrogen-bond donors (Lipinski definition) is 2. The summed E-state index contributed by atoms with van der Waals surface area (Å²) >= 11 is 5.71. The number of aliphatic hydroxyl groups is 1. The van der Waals surface area contributed by atoms with E-state index in [1.807, 2.05) is 4.90 Å². The normalized spacial score (nSPS) is 25.8. The van der Waals surface area contributed by atoms with Gasteiger partial charge in [-0.15, -0.1) is 0 Å². The van der Waals surface area contributed by atoms with Gasteiger partial charge < -0.3 is 15.7 Å². The van der Waals surface area contributed by atoms with Crippen LogP contribution < -0.4 is 10.6 Å². The molecule has 0 spiro atoms. The number of nitrogens with two attached hydrogens (primary N) is 1. The van der Waals surface area contributed by atoms with Crippen molar-refractivity contribution in [1.82, 2.24) is 15.0 Å². The van der Waals surface area contributed by atoms with Crippen molar-refractivity contribution >= 4 is 23.5 Å². The predicted molar refractivity (Wildman–Crippen MR) is 61.3 cm³/mol. The molecule has 1 atom stereocenters. The second-order valence-electron chi connectivity index (χ2n) is 4.28. The Morgan fingerprint density at radius 3 is 2.81 bits per heavy atom. The van der Waals surface area contributed by atoms with Crippen LogP contribution in [0.2, 0.25) is 5.28 Å². The average molecular weight is 244 g/mol. The lowest BCUT2D eigenvalue weighted by Crippen LogP contribution is -2.46. The van der Waals surface area contributed by atoms with Crippen molar-refractivity contribution in [3.8, 4) is 0 Å². The number of aromatic nitrogens is 3. The molecule has 1 unspecified atom stereocenters. The Morgan fingerprint density at radius 1 is 1.44 bits per heavy atom. The predicted octanol–water partition coefficient (Wildman–Crippen LogP) is 0.458. The van der Waals surface area contributed by atoms with Crippen LogP contribution in [0.5, 0.6) is 0 Å². The molecular formula is C9H14ClN5O. The van der Waals surface area contributed by atoms with Crippen molar-refractivity contribution < 1.29 is 5.11 Å². The molecule has 6 nitrogen and oxygen atoms in total. The smallest absolute Gasteiger partial charge is 0.231 e. The quantitative estimate of drug-likeness (QED) is 0.745. The summed E-state index contributed by atoms with van der Waals surface area (Å²) in [5.41, 5.74) is 4.78. The van der Waals surface area contributed by atoms with Gasteiger partial charge in [-0.05, 0) is 31.4 Å². The van der Waals surface area contributed by atoms with Crippen LogP contribution in [0.15, 0.2) is 0 Å². The topological polar surface area (TPSA) is 88.2 Å². The molecule has 7 heteroatoms. The standard InChI is InChI=1S/C9H14ClN5O/c1-9(16)3-2-4-15(5-9)8-13-6(10)12-7(11)14-8/h16H,2-5H2,1H3,(H2,11,12,13,14). The van der Waals surface area contributed by atoms with Gasteiger partial charge in [0, 0.05) is 13.1 Å². The van der Waals surface area contributed by atoms with Gasteiger partial charge in [-0.1, -0.05) is 0 Å². The Bertz CT molecular complexity index is 377. The summed E-state index contributed by atoms with van der Waals surface area (Å²) in [5.74, 6) is 0.526. The highest BCUT2D eigenvalue weighted by Crippen LogP contribution is 2.23. The summed E-state index contributed by atoms with van der Waals surface area (Å²) in [4.78, 5) is 13.6. The van der Waals surface area contributed by atoms with Crippen molar-refractivity contribution in [3.63, 3.8) is 0 Å². The Morgan fingerprint density at radius 2 is 2.19 bits per heavy atom. The number of β-amino-alcohol motifs (C(OH)–C–C–N with tert-alkyl or cyclic N) is 1. The highest BCUT2D eigenvalue weighted by Gasteiger charge is 2.29. The third-order valence-electron chi connectivity index (χ3n) is 2.57. The molecule has 1 aromatic heterocycles. The molecule has 16 heavy (non-hydrogen) atoms. The maximum atomic E-state index is 9.97. The van der Waals surface area contributed by atoms with Gasteiger partial charge in [-0.3, -0.25) is 0 Å². The van der Waals surface area contributed by atoms with E-state index in [4.69, 9.17) is 17.3 Å². The first kappa shape index (κ1) is 11.3. The fraction of sp³-hybridized carbons (Fsp3) is 0.667. The van der Waals surface area contributed by atoms with Gasteiger partial charge in [0.15, 0.2) is 0 Å². The van der Waals surface area contributed by atoms with Gasteiger partial charge in [-0.2, -0.15) is 15.0 Å². The second kappa shape index (κ2) is 4.03. The molecule has 0 radical (unpaired) electrons. The van der Waals surface area contributed by atoms with E-state index in [9.17, 15) is 5.11 Å². The van der Waals surface area contributed by atoms with Crippen LogP contribution >= 0.6 is 11.6 Å². The lowest BCUT2D eigenvalue weighted by Gasteiger charge is -2.36. The Hall–Kier alpha value is -1.14. The average Bonchev–Trinajstić information content (AvgIpc) is 2.14. The molecule has 0 amide bonds. The van der Waals surface area contributed by atoms with E-state index in [0.717, 1.165) is 19.4 Å². The van der Waals surface area contributed by atoms with Crippen LogP contribution in [-0.2, 0) is 0 Å². The van der Waals surface area contributed by atoms with Crippen molar-refractivity contribution in [3.05, 3.63) is 5.28 Å². The molecule has 1 aliphatic rings. The van der Waals surface area contributed by atoms with Gasteiger partial charge in [0.05, 0.1) is 5.60 Å². The van der Waals surface area contributed by atoms with Crippen molar-refractivity contribution in [2.45, 2.75) is 25.4 Å². The first-order chi connectivity index (χ1) is 7.46. The van der Waals surface area contributed by atoms with Crippen molar-refractivity contribution in [2.75, 3.05) is 23.7 Å². The monoisotopic (exact) mass is 243 g/mol. The largest absolute Gasteiger partial charge is 0.388 e. The molecule has 0 aliphatic carbocycles.